The maximum absolute atomic E-state index is 12.6. The quantitative estimate of drug-likeness (QED) is 0.826. The van der Waals surface area contributed by atoms with Gasteiger partial charge in [-0.1, -0.05) is 0 Å². The molecule has 8 heteroatoms. The van der Waals surface area contributed by atoms with Crippen molar-refractivity contribution in [2.75, 3.05) is 0 Å². The fraction of sp³-hybridized carbons (Fsp3) is 0.588. The summed E-state index contributed by atoms with van der Waals surface area (Å²) in [6.07, 6.45) is 0. The van der Waals surface area contributed by atoms with Crippen LogP contribution in [-0.2, 0) is 9.31 Å². The Kier molecular flexibility index (Phi) is 5.44. The van der Waals surface area contributed by atoms with Crippen LogP contribution in [0.4, 0.5) is 8.78 Å². The average molecular weight is 355 g/mol. The molecule has 0 aliphatic carbocycles. The van der Waals surface area contributed by atoms with E-state index in [2.05, 4.69) is 10.1 Å². The Balaban J connectivity index is 2.38. The van der Waals surface area contributed by atoms with Crippen molar-refractivity contribution in [2.45, 2.75) is 65.4 Å². The molecule has 1 aromatic rings. The van der Waals surface area contributed by atoms with Gasteiger partial charge in [0.05, 0.1) is 11.2 Å². The summed E-state index contributed by atoms with van der Waals surface area (Å²) in [5.41, 5.74) is -0.517. The highest BCUT2D eigenvalue weighted by molar-refractivity contribution is 6.62. The minimum atomic E-state index is -2.99. The number of amides is 1. The summed E-state index contributed by atoms with van der Waals surface area (Å²) in [4.78, 5) is 12.3. The fourth-order valence-electron chi connectivity index (χ4n) is 2.38. The number of carbonyl (C=O) groups excluding carboxylic acids is 1. The largest absolute Gasteiger partial charge is 0.494 e. The van der Waals surface area contributed by atoms with Gasteiger partial charge in [-0.25, -0.2) is 0 Å². The first-order valence-electron chi connectivity index (χ1n) is 8.17. The molecule has 0 saturated carbocycles. The van der Waals surface area contributed by atoms with Crippen molar-refractivity contribution >= 4 is 18.5 Å². The summed E-state index contributed by atoms with van der Waals surface area (Å²) in [6, 6.07) is 4.16. The number of halogens is 2. The number of rotatable bonds is 5. The summed E-state index contributed by atoms with van der Waals surface area (Å²) >= 11 is 0. The second kappa shape index (κ2) is 6.92. The maximum atomic E-state index is 12.6. The lowest BCUT2D eigenvalue weighted by Gasteiger charge is -2.32. The topological polar surface area (TPSA) is 56.8 Å². The van der Waals surface area contributed by atoms with E-state index in [-0.39, 0.29) is 23.3 Å². The van der Waals surface area contributed by atoms with Gasteiger partial charge in [0, 0.05) is 11.6 Å². The highest BCUT2D eigenvalue weighted by Crippen LogP contribution is 2.36. The minimum Gasteiger partial charge on any atom is -0.435 e. The molecule has 0 radical (unpaired) electrons. The third-order valence-electron chi connectivity index (χ3n) is 4.36. The van der Waals surface area contributed by atoms with Gasteiger partial charge in [-0.05, 0) is 65.2 Å². The van der Waals surface area contributed by atoms with Gasteiger partial charge in [0.15, 0.2) is 0 Å². The number of hydrogen-bond acceptors (Lipinski definition) is 4. The van der Waals surface area contributed by atoms with Gasteiger partial charge in [0.2, 0.25) is 0 Å². The Labute approximate surface area is 147 Å². The smallest absolute Gasteiger partial charge is 0.435 e. The van der Waals surface area contributed by atoms with E-state index in [0.29, 0.717) is 5.46 Å². The zero-order valence-electron chi connectivity index (χ0n) is 15.4. The van der Waals surface area contributed by atoms with Crippen LogP contribution in [0.2, 0.25) is 0 Å². The van der Waals surface area contributed by atoms with Gasteiger partial charge in [-0.2, -0.15) is 8.78 Å². The fourth-order valence-corrected chi connectivity index (χ4v) is 2.38. The third kappa shape index (κ3) is 4.49. The lowest BCUT2D eigenvalue weighted by atomic mass is 9.78. The molecule has 138 valence electrons. The minimum absolute atomic E-state index is 0.0903. The van der Waals surface area contributed by atoms with Gasteiger partial charge >= 0.3 is 13.7 Å². The van der Waals surface area contributed by atoms with Crippen LogP contribution in [0.1, 0.15) is 51.9 Å². The Hall–Kier alpha value is -1.67. The molecular formula is C17H24BF2NO4. The number of ether oxygens (including phenoxy) is 1. The molecule has 1 amide bonds. The second-order valence-corrected chi connectivity index (χ2v) is 7.39. The van der Waals surface area contributed by atoms with Crippen molar-refractivity contribution in [2.24, 2.45) is 0 Å². The van der Waals surface area contributed by atoms with Crippen molar-refractivity contribution in [3.8, 4) is 5.75 Å². The SMILES string of the molecule is CC(C)NC(=O)c1cc(OC(F)F)cc(B2OC(C)(C)C(C)(C)O2)c1. The molecule has 1 saturated heterocycles. The Morgan fingerprint density at radius 1 is 1.12 bits per heavy atom. The van der Waals surface area contributed by atoms with Crippen LogP contribution in [0, 0.1) is 0 Å². The molecule has 1 aromatic carbocycles. The summed E-state index contributed by atoms with van der Waals surface area (Å²) in [6.45, 7) is 8.18. The van der Waals surface area contributed by atoms with Gasteiger partial charge < -0.3 is 19.4 Å². The first-order chi connectivity index (χ1) is 11.4. The maximum Gasteiger partial charge on any atom is 0.494 e. The van der Waals surface area contributed by atoms with E-state index in [1.54, 1.807) is 6.07 Å². The summed E-state index contributed by atoms with van der Waals surface area (Å²) in [5.74, 6) is -0.497. The van der Waals surface area contributed by atoms with E-state index in [1.807, 2.05) is 41.5 Å². The Morgan fingerprint density at radius 2 is 1.68 bits per heavy atom. The Bertz CT molecular complexity index is 634. The van der Waals surface area contributed by atoms with Crippen molar-refractivity contribution in [1.29, 1.82) is 0 Å². The summed E-state index contributed by atoms with van der Waals surface area (Å²) < 4.78 is 41.6. The number of hydrogen-bond donors (Lipinski definition) is 1. The predicted octanol–water partition coefficient (Wildman–Crippen LogP) is 2.73. The molecule has 5 nitrogen and oxygen atoms in total. The molecule has 1 heterocycles. The van der Waals surface area contributed by atoms with Crippen LogP contribution in [0.15, 0.2) is 18.2 Å². The zero-order valence-corrected chi connectivity index (χ0v) is 15.4. The molecule has 0 atom stereocenters. The number of benzene rings is 1. The Morgan fingerprint density at radius 3 is 2.16 bits per heavy atom. The highest BCUT2D eigenvalue weighted by Gasteiger charge is 2.51. The van der Waals surface area contributed by atoms with Crippen LogP contribution < -0.4 is 15.5 Å². The van der Waals surface area contributed by atoms with E-state index in [1.165, 1.54) is 12.1 Å². The molecule has 1 aliphatic rings. The highest BCUT2D eigenvalue weighted by atomic mass is 19.3. The number of alkyl halides is 2. The molecular weight excluding hydrogens is 331 g/mol. The standard InChI is InChI=1S/C17H24BF2NO4/c1-10(2)21-14(22)11-7-12(9-13(8-11)23-15(19)20)18-24-16(3,4)17(5,6)25-18/h7-10,15H,1-6H3,(H,21,22). The number of carbonyl (C=O) groups is 1. The summed E-state index contributed by atoms with van der Waals surface area (Å²) in [5, 5.41) is 2.73. The summed E-state index contributed by atoms with van der Waals surface area (Å²) in [7, 11) is -0.781. The number of nitrogens with one attached hydrogen (secondary N) is 1. The molecule has 0 aromatic heterocycles. The normalized spacial score (nSPS) is 18.7. The zero-order chi connectivity index (χ0) is 19.0. The van der Waals surface area contributed by atoms with E-state index in [0.717, 1.165) is 0 Å². The van der Waals surface area contributed by atoms with E-state index < -0.39 is 24.9 Å². The van der Waals surface area contributed by atoms with Crippen LogP contribution in [0.3, 0.4) is 0 Å². The average Bonchev–Trinajstić information content (AvgIpc) is 2.65. The lowest BCUT2D eigenvalue weighted by molar-refractivity contribution is -0.0498. The monoisotopic (exact) mass is 355 g/mol. The van der Waals surface area contributed by atoms with E-state index in [4.69, 9.17) is 9.31 Å². The predicted molar refractivity (Wildman–Crippen MR) is 91.4 cm³/mol. The van der Waals surface area contributed by atoms with Crippen LogP contribution in [-0.4, -0.2) is 36.9 Å². The van der Waals surface area contributed by atoms with Gasteiger partial charge in [-0.3, -0.25) is 4.79 Å². The van der Waals surface area contributed by atoms with Gasteiger partial charge in [0.1, 0.15) is 5.75 Å². The lowest BCUT2D eigenvalue weighted by Crippen LogP contribution is -2.41. The van der Waals surface area contributed by atoms with E-state index in [9.17, 15) is 13.6 Å². The molecule has 25 heavy (non-hydrogen) atoms. The molecule has 0 bridgehead atoms. The van der Waals surface area contributed by atoms with Crippen LogP contribution in [0.5, 0.6) is 5.75 Å². The van der Waals surface area contributed by atoms with Crippen molar-refractivity contribution in [3.63, 3.8) is 0 Å². The van der Waals surface area contributed by atoms with Crippen LogP contribution >= 0.6 is 0 Å². The molecule has 1 N–H and O–H groups in total. The van der Waals surface area contributed by atoms with E-state index >= 15 is 0 Å². The molecule has 0 unspecified atom stereocenters. The van der Waals surface area contributed by atoms with Crippen molar-refractivity contribution in [1.82, 2.24) is 5.32 Å². The van der Waals surface area contributed by atoms with Crippen molar-refractivity contribution < 1.29 is 27.6 Å². The first kappa shape index (κ1) is 19.7. The first-order valence-corrected chi connectivity index (χ1v) is 8.17. The van der Waals surface area contributed by atoms with Crippen LogP contribution in [0.25, 0.3) is 0 Å². The van der Waals surface area contributed by atoms with Gasteiger partial charge in [0.25, 0.3) is 5.91 Å². The van der Waals surface area contributed by atoms with Gasteiger partial charge in [-0.15, -0.1) is 0 Å². The third-order valence-corrected chi connectivity index (χ3v) is 4.36. The van der Waals surface area contributed by atoms with Crippen molar-refractivity contribution in [3.05, 3.63) is 23.8 Å². The molecule has 1 aliphatic heterocycles. The molecule has 1 fully saturated rings. The second-order valence-electron chi connectivity index (χ2n) is 7.39. The molecule has 2 rings (SSSR count). The molecule has 0 spiro atoms.